The molecule has 0 saturated carbocycles. The predicted octanol–water partition coefficient (Wildman–Crippen LogP) is 3.81. The molecule has 0 spiro atoms. The number of hydrogen-bond acceptors (Lipinski definition) is 1. The topological polar surface area (TPSA) is 37.3 Å². The Kier molecular flexibility index (Phi) is 5.16. The van der Waals surface area contributed by atoms with Gasteiger partial charge in [-0.15, -0.1) is 0 Å². The summed E-state index contributed by atoms with van der Waals surface area (Å²) in [6.07, 6.45) is 2.28. The average molecular weight is 240 g/mol. The fourth-order valence-corrected chi connectivity index (χ4v) is 2.33. The SMILES string of the molecule is CCC(CC(C)C)c1ccc(S(=O)O)cc1. The first-order valence-electron chi connectivity index (χ1n) is 5.75. The van der Waals surface area contributed by atoms with E-state index in [1.165, 1.54) is 5.56 Å². The number of benzene rings is 1. The summed E-state index contributed by atoms with van der Waals surface area (Å²) in [6, 6.07) is 7.43. The molecule has 0 aliphatic heterocycles. The standard InChI is InChI=1S/C13H20O2S/c1-4-11(9-10(2)3)12-5-7-13(8-6-12)16(14)15/h5-8,10-11H,4,9H2,1-3H3,(H,14,15). The third-order valence-corrected chi connectivity index (χ3v) is 3.48. The molecule has 0 fully saturated rings. The largest absolute Gasteiger partial charge is 0.302 e. The molecule has 2 unspecified atom stereocenters. The highest BCUT2D eigenvalue weighted by atomic mass is 32.2. The number of hydrogen-bond donors (Lipinski definition) is 1. The Morgan fingerprint density at radius 2 is 1.81 bits per heavy atom. The minimum atomic E-state index is -1.86. The maximum atomic E-state index is 10.8. The van der Waals surface area contributed by atoms with E-state index in [0.29, 0.717) is 16.7 Å². The van der Waals surface area contributed by atoms with E-state index in [4.69, 9.17) is 4.55 Å². The lowest BCUT2D eigenvalue weighted by atomic mass is 9.88. The van der Waals surface area contributed by atoms with E-state index in [9.17, 15) is 4.21 Å². The van der Waals surface area contributed by atoms with Crippen LogP contribution in [0.2, 0.25) is 0 Å². The number of rotatable bonds is 5. The lowest BCUT2D eigenvalue weighted by Crippen LogP contribution is -2.02. The molecule has 0 aliphatic rings. The quantitative estimate of drug-likeness (QED) is 0.795. The third-order valence-electron chi connectivity index (χ3n) is 2.80. The molecule has 2 nitrogen and oxygen atoms in total. The zero-order valence-corrected chi connectivity index (χ0v) is 11.0. The van der Waals surface area contributed by atoms with Gasteiger partial charge < -0.3 is 4.55 Å². The Balaban J connectivity index is 2.82. The monoisotopic (exact) mass is 240 g/mol. The van der Waals surface area contributed by atoms with Crippen LogP contribution in [-0.2, 0) is 11.1 Å². The van der Waals surface area contributed by atoms with Gasteiger partial charge in [-0.1, -0.05) is 32.9 Å². The molecule has 2 atom stereocenters. The van der Waals surface area contributed by atoms with Gasteiger partial charge in [0.05, 0.1) is 4.90 Å². The van der Waals surface area contributed by atoms with Crippen LogP contribution in [0.3, 0.4) is 0 Å². The van der Waals surface area contributed by atoms with Crippen LogP contribution < -0.4 is 0 Å². The van der Waals surface area contributed by atoms with Crippen molar-refractivity contribution in [1.29, 1.82) is 0 Å². The zero-order chi connectivity index (χ0) is 12.1. The first kappa shape index (κ1) is 13.4. The first-order valence-corrected chi connectivity index (χ1v) is 6.86. The summed E-state index contributed by atoms with van der Waals surface area (Å²) in [5, 5.41) is 0. The highest BCUT2D eigenvalue weighted by molar-refractivity contribution is 7.79. The Bertz CT molecular complexity index is 343. The van der Waals surface area contributed by atoms with Crippen molar-refractivity contribution < 1.29 is 8.76 Å². The van der Waals surface area contributed by atoms with Crippen LogP contribution in [-0.4, -0.2) is 8.76 Å². The van der Waals surface area contributed by atoms with Crippen LogP contribution >= 0.6 is 0 Å². The van der Waals surface area contributed by atoms with Crippen LogP contribution in [0.4, 0.5) is 0 Å². The lowest BCUT2D eigenvalue weighted by molar-refractivity contribution is 0.489. The summed E-state index contributed by atoms with van der Waals surface area (Å²) < 4.78 is 19.8. The predicted molar refractivity (Wildman–Crippen MR) is 68.0 cm³/mol. The molecule has 0 radical (unpaired) electrons. The summed E-state index contributed by atoms with van der Waals surface area (Å²) in [5.41, 5.74) is 1.27. The van der Waals surface area contributed by atoms with E-state index in [-0.39, 0.29) is 0 Å². The van der Waals surface area contributed by atoms with Gasteiger partial charge in [-0.3, -0.25) is 0 Å². The molecule has 1 rings (SSSR count). The molecular formula is C13H20O2S. The van der Waals surface area contributed by atoms with Crippen LogP contribution in [0, 0.1) is 5.92 Å². The van der Waals surface area contributed by atoms with Gasteiger partial charge in [-0.25, -0.2) is 4.21 Å². The van der Waals surface area contributed by atoms with Gasteiger partial charge in [0.25, 0.3) is 0 Å². The maximum Gasteiger partial charge on any atom is 0.186 e. The third kappa shape index (κ3) is 3.72. The molecular weight excluding hydrogens is 220 g/mol. The Hall–Kier alpha value is -0.670. The van der Waals surface area contributed by atoms with Gasteiger partial charge in [0.15, 0.2) is 11.1 Å². The van der Waals surface area contributed by atoms with Gasteiger partial charge in [-0.2, -0.15) is 0 Å². The van der Waals surface area contributed by atoms with E-state index in [1.54, 1.807) is 12.1 Å². The summed E-state index contributed by atoms with van der Waals surface area (Å²) >= 11 is -1.86. The average Bonchev–Trinajstić information content (AvgIpc) is 2.25. The minimum Gasteiger partial charge on any atom is -0.302 e. The summed E-state index contributed by atoms with van der Waals surface area (Å²) in [6.45, 7) is 6.63. The van der Waals surface area contributed by atoms with Gasteiger partial charge in [0, 0.05) is 0 Å². The highest BCUT2D eigenvalue weighted by Gasteiger charge is 2.11. The van der Waals surface area contributed by atoms with Gasteiger partial charge in [-0.05, 0) is 42.4 Å². The van der Waals surface area contributed by atoms with Gasteiger partial charge >= 0.3 is 0 Å². The van der Waals surface area contributed by atoms with E-state index >= 15 is 0 Å². The zero-order valence-electron chi connectivity index (χ0n) is 10.1. The Morgan fingerprint density at radius 3 is 2.19 bits per heavy atom. The normalized spacial score (nSPS) is 15.1. The van der Waals surface area contributed by atoms with Crippen molar-refractivity contribution in [2.24, 2.45) is 5.92 Å². The van der Waals surface area contributed by atoms with Gasteiger partial charge in [0.2, 0.25) is 0 Å². The molecule has 0 bridgehead atoms. The second kappa shape index (κ2) is 6.16. The van der Waals surface area contributed by atoms with Crippen molar-refractivity contribution in [2.75, 3.05) is 0 Å². The Morgan fingerprint density at radius 1 is 1.25 bits per heavy atom. The molecule has 0 amide bonds. The van der Waals surface area contributed by atoms with Gasteiger partial charge in [0.1, 0.15) is 0 Å². The molecule has 0 heterocycles. The Labute approximate surface area is 100 Å². The van der Waals surface area contributed by atoms with Crippen LogP contribution in [0.25, 0.3) is 0 Å². The van der Waals surface area contributed by atoms with E-state index in [1.807, 2.05) is 12.1 Å². The van der Waals surface area contributed by atoms with Crippen molar-refractivity contribution in [3.8, 4) is 0 Å². The van der Waals surface area contributed by atoms with Crippen molar-refractivity contribution in [2.45, 2.75) is 44.4 Å². The lowest BCUT2D eigenvalue weighted by Gasteiger charge is -2.17. The molecule has 0 aliphatic carbocycles. The fraction of sp³-hybridized carbons (Fsp3) is 0.538. The molecule has 1 aromatic rings. The molecule has 0 saturated heterocycles. The first-order chi connectivity index (χ1) is 7.54. The van der Waals surface area contributed by atoms with E-state index < -0.39 is 11.1 Å². The fourth-order valence-electron chi connectivity index (χ4n) is 1.96. The van der Waals surface area contributed by atoms with Crippen LogP contribution in [0.15, 0.2) is 29.2 Å². The van der Waals surface area contributed by atoms with Crippen molar-refractivity contribution in [3.63, 3.8) is 0 Å². The summed E-state index contributed by atoms with van der Waals surface area (Å²) in [5.74, 6) is 1.23. The molecule has 0 aromatic heterocycles. The highest BCUT2D eigenvalue weighted by Crippen LogP contribution is 2.27. The van der Waals surface area contributed by atoms with Crippen LogP contribution in [0.5, 0.6) is 0 Å². The summed E-state index contributed by atoms with van der Waals surface area (Å²) in [4.78, 5) is 0.475. The molecule has 90 valence electrons. The van der Waals surface area contributed by atoms with Crippen molar-refractivity contribution in [3.05, 3.63) is 29.8 Å². The second-order valence-corrected chi connectivity index (χ2v) is 5.52. The van der Waals surface area contributed by atoms with Crippen molar-refractivity contribution in [1.82, 2.24) is 0 Å². The molecule has 16 heavy (non-hydrogen) atoms. The molecule has 1 N–H and O–H groups in total. The maximum absolute atomic E-state index is 10.8. The second-order valence-electron chi connectivity index (χ2n) is 4.55. The van der Waals surface area contributed by atoms with E-state index in [0.717, 1.165) is 12.8 Å². The smallest absolute Gasteiger partial charge is 0.186 e. The molecule has 1 aromatic carbocycles. The summed E-state index contributed by atoms with van der Waals surface area (Å²) in [7, 11) is 0. The molecule has 3 heteroatoms. The van der Waals surface area contributed by atoms with E-state index in [2.05, 4.69) is 20.8 Å². The minimum absolute atomic E-state index is 0.475. The van der Waals surface area contributed by atoms with Crippen molar-refractivity contribution >= 4 is 11.1 Å². The van der Waals surface area contributed by atoms with Crippen LogP contribution in [0.1, 0.15) is 45.1 Å².